The van der Waals surface area contributed by atoms with E-state index in [1.165, 1.54) is 38.0 Å². The molecule has 2 heterocycles. The van der Waals surface area contributed by atoms with Crippen LogP contribution in [0.4, 0.5) is 10.5 Å². The number of benzene rings is 1. The van der Waals surface area contributed by atoms with Crippen LogP contribution >= 0.6 is 24.2 Å². The van der Waals surface area contributed by atoms with Gasteiger partial charge in [0.1, 0.15) is 40.7 Å². The lowest BCUT2D eigenvalue weighted by Crippen LogP contribution is -2.63. The van der Waals surface area contributed by atoms with E-state index in [4.69, 9.17) is 35.3 Å². The van der Waals surface area contributed by atoms with E-state index in [9.17, 15) is 24.3 Å². The van der Waals surface area contributed by atoms with Crippen LogP contribution < -0.4 is 15.0 Å². The number of carbonyl (C=O) groups is 4. The SMILES string of the molecule is COc1cc2cc(c1Cl)N(C)C(=O)C[C@H](OC(=O)[C@H](C)N(C)C(=O)CCS)C(C)(C)OC[C@@H]1C[C@@](O)(NC(=O)O1)[C@H](OC)/C=C/C=C(\C)C2. The summed E-state index contributed by atoms with van der Waals surface area (Å²) in [5.41, 5.74) is -1.09. The lowest BCUT2D eigenvalue weighted by Gasteiger charge is -2.41. The molecule has 1 aromatic carbocycles. The number of aliphatic hydroxyl groups is 1. The van der Waals surface area contributed by atoms with Crippen molar-refractivity contribution in [3.8, 4) is 5.75 Å². The molecule has 15 heteroatoms. The molecule has 1 aromatic rings. The Morgan fingerprint density at radius 1 is 1.27 bits per heavy atom. The Morgan fingerprint density at radius 2 is 1.96 bits per heavy atom. The summed E-state index contributed by atoms with van der Waals surface area (Å²) in [4.78, 5) is 55.1. The summed E-state index contributed by atoms with van der Waals surface area (Å²) >= 11 is 10.8. The predicted molar refractivity (Wildman–Crippen MR) is 187 cm³/mol. The van der Waals surface area contributed by atoms with Gasteiger partial charge in [-0.25, -0.2) is 9.59 Å². The van der Waals surface area contributed by atoms with Gasteiger partial charge in [0.05, 0.1) is 25.8 Å². The molecule has 0 spiro atoms. The molecule has 272 valence electrons. The molecule has 0 saturated carbocycles. The van der Waals surface area contributed by atoms with Crippen molar-refractivity contribution in [2.45, 2.75) is 89.1 Å². The van der Waals surface area contributed by atoms with Gasteiger partial charge in [-0.05, 0) is 57.6 Å². The number of nitrogens with one attached hydrogen (secondary N) is 1. The fourth-order valence-electron chi connectivity index (χ4n) is 5.49. The number of ether oxygens (including phenoxy) is 5. The van der Waals surface area contributed by atoms with Gasteiger partial charge < -0.3 is 38.6 Å². The van der Waals surface area contributed by atoms with Crippen molar-refractivity contribution >= 4 is 53.8 Å². The smallest absolute Gasteiger partial charge is 0.409 e. The molecule has 3 amide bonds. The second-order valence-electron chi connectivity index (χ2n) is 12.8. The lowest BCUT2D eigenvalue weighted by molar-refractivity contribution is -0.186. The molecule has 0 unspecified atom stereocenters. The van der Waals surface area contributed by atoms with E-state index in [-0.39, 0.29) is 36.8 Å². The topological polar surface area (TPSA) is 153 Å². The Hall–Kier alpha value is -3.30. The number of rotatable bonds is 7. The second-order valence-corrected chi connectivity index (χ2v) is 13.6. The molecule has 3 rings (SSSR count). The lowest BCUT2D eigenvalue weighted by atomic mass is 9.95. The molecule has 49 heavy (non-hydrogen) atoms. The van der Waals surface area contributed by atoms with Gasteiger partial charge in [0, 0.05) is 34.0 Å². The van der Waals surface area contributed by atoms with Crippen LogP contribution in [0.5, 0.6) is 5.75 Å². The molecule has 2 aliphatic rings. The van der Waals surface area contributed by atoms with Crippen LogP contribution in [0.25, 0.3) is 0 Å². The van der Waals surface area contributed by atoms with Crippen LogP contribution in [0, 0.1) is 0 Å². The van der Waals surface area contributed by atoms with Gasteiger partial charge in [0.2, 0.25) is 11.8 Å². The molecule has 4 bridgehead atoms. The van der Waals surface area contributed by atoms with Crippen LogP contribution in [-0.4, -0.2) is 110 Å². The molecule has 0 aromatic heterocycles. The molecule has 2 aliphatic heterocycles. The maximum Gasteiger partial charge on any atom is 0.409 e. The van der Waals surface area contributed by atoms with Gasteiger partial charge in [-0.2, -0.15) is 12.6 Å². The number of nitrogens with zero attached hydrogens (tertiary/aromatic N) is 2. The maximum atomic E-state index is 13.9. The van der Waals surface area contributed by atoms with Crippen LogP contribution in [-0.2, 0) is 39.8 Å². The third kappa shape index (κ3) is 10.1. The number of likely N-dealkylation sites (N-methyl/N-ethyl adjacent to an activating group) is 1. The number of hydrogen-bond acceptors (Lipinski definition) is 11. The zero-order valence-corrected chi connectivity index (χ0v) is 30.9. The quantitative estimate of drug-likeness (QED) is 0.279. The van der Waals surface area contributed by atoms with Crippen molar-refractivity contribution in [2.75, 3.05) is 45.6 Å². The van der Waals surface area contributed by atoms with Gasteiger partial charge in [0.25, 0.3) is 0 Å². The third-order valence-corrected chi connectivity index (χ3v) is 9.32. The summed E-state index contributed by atoms with van der Waals surface area (Å²) in [7, 11) is 5.93. The summed E-state index contributed by atoms with van der Waals surface area (Å²) in [6, 6.07) is 2.57. The van der Waals surface area contributed by atoms with Crippen molar-refractivity contribution in [3.63, 3.8) is 0 Å². The fraction of sp³-hybridized carbons (Fsp3) is 0.588. The molecular formula is C34H48ClN3O10S. The summed E-state index contributed by atoms with van der Waals surface area (Å²) in [5.74, 6) is -0.850. The van der Waals surface area contributed by atoms with E-state index >= 15 is 0 Å². The average molecular weight is 726 g/mol. The number of allylic oxidation sites excluding steroid dienone is 3. The van der Waals surface area contributed by atoms with Crippen LogP contribution in [0.1, 0.15) is 52.5 Å². The van der Waals surface area contributed by atoms with E-state index < -0.39 is 53.6 Å². The van der Waals surface area contributed by atoms with Crippen LogP contribution in [0.2, 0.25) is 5.02 Å². The number of thiol groups is 1. The van der Waals surface area contributed by atoms with Crippen molar-refractivity contribution in [1.29, 1.82) is 0 Å². The van der Waals surface area contributed by atoms with Crippen molar-refractivity contribution in [1.82, 2.24) is 10.2 Å². The van der Waals surface area contributed by atoms with Crippen molar-refractivity contribution in [3.05, 3.63) is 46.5 Å². The monoisotopic (exact) mass is 725 g/mol. The molecule has 0 radical (unpaired) electrons. The molecule has 1 fully saturated rings. The Balaban J connectivity index is 2.09. The zero-order valence-electron chi connectivity index (χ0n) is 29.3. The number of methoxy groups -OCH3 is 2. The summed E-state index contributed by atoms with van der Waals surface area (Å²) in [6.45, 7) is 6.47. The van der Waals surface area contributed by atoms with Gasteiger partial charge in [-0.1, -0.05) is 35.4 Å². The number of halogens is 1. The highest BCUT2D eigenvalue weighted by molar-refractivity contribution is 7.80. The summed E-state index contributed by atoms with van der Waals surface area (Å²) in [5, 5.41) is 14.2. The van der Waals surface area contributed by atoms with Crippen LogP contribution in [0.15, 0.2) is 35.9 Å². The maximum absolute atomic E-state index is 13.9. The summed E-state index contributed by atoms with van der Waals surface area (Å²) in [6.07, 6.45) is 1.37. The number of anilines is 1. The first-order valence-corrected chi connectivity index (χ1v) is 16.9. The number of amides is 3. The molecule has 13 nitrogen and oxygen atoms in total. The van der Waals surface area contributed by atoms with Gasteiger partial charge in [0.15, 0.2) is 5.72 Å². The Bertz CT molecular complexity index is 1450. The van der Waals surface area contributed by atoms with E-state index in [0.717, 1.165) is 11.1 Å². The minimum absolute atomic E-state index is 0.105. The molecule has 0 aliphatic carbocycles. The van der Waals surface area contributed by atoms with Gasteiger partial charge >= 0.3 is 12.1 Å². The standard InChI is InChI=1S/C34H48ClN3O10S/c1-20-10-9-11-26(45-8)34(43)18-23(47-32(42)36-34)19-46-33(3,4)27(48-31(41)21(2)37(5)28(39)12-13-49)17-29(40)38(6)24-15-22(14-20)16-25(44-7)30(24)35/h9-11,15-16,21,23,26-27,43,49H,12-14,17-19H2,1-8H3,(H,36,42)/b11-9+,20-10+/t21-,23-,26+,27-,34-/m0/s1. The van der Waals surface area contributed by atoms with E-state index in [1.54, 1.807) is 45.2 Å². The average Bonchev–Trinajstić information content (AvgIpc) is 3.04. The zero-order chi connectivity index (χ0) is 36.7. The van der Waals surface area contributed by atoms with Crippen molar-refractivity contribution < 1.29 is 48.0 Å². The number of hydrogen-bond donors (Lipinski definition) is 3. The highest BCUT2D eigenvalue weighted by atomic mass is 35.5. The first kappa shape index (κ1) is 40.1. The summed E-state index contributed by atoms with van der Waals surface area (Å²) < 4.78 is 28.7. The minimum atomic E-state index is -1.84. The van der Waals surface area contributed by atoms with E-state index in [1.807, 2.05) is 13.0 Å². The Labute approximate surface area is 298 Å². The first-order valence-electron chi connectivity index (χ1n) is 15.9. The Kier molecular flexibility index (Phi) is 14.0. The molecular weight excluding hydrogens is 678 g/mol. The van der Waals surface area contributed by atoms with Crippen molar-refractivity contribution in [2.24, 2.45) is 0 Å². The first-order chi connectivity index (χ1) is 23.0. The van der Waals surface area contributed by atoms with E-state index in [0.29, 0.717) is 23.6 Å². The molecule has 5 atom stereocenters. The van der Waals surface area contributed by atoms with Crippen LogP contribution in [0.3, 0.4) is 0 Å². The fourth-order valence-corrected chi connectivity index (χ4v) is 5.99. The molecule has 1 saturated heterocycles. The number of fused-ring (bicyclic) bond motifs is 4. The number of alkyl carbamates (subject to hydrolysis) is 1. The highest BCUT2D eigenvalue weighted by Gasteiger charge is 2.46. The third-order valence-electron chi connectivity index (χ3n) is 8.72. The molecule has 2 N–H and O–H groups in total. The highest BCUT2D eigenvalue weighted by Crippen LogP contribution is 2.37. The minimum Gasteiger partial charge on any atom is -0.495 e. The number of esters is 1. The van der Waals surface area contributed by atoms with E-state index in [2.05, 4.69) is 17.9 Å². The second kappa shape index (κ2) is 17.1. The largest absolute Gasteiger partial charge is 0.495 e. The number of carbonyl (C=O) groups excluding carboxylic acids is 4. The normalized spacial score (nSPS) is 27.1. The van der Waals surface area contributed by atoms with Gasteiger partial charge in [-0.15, -0.1) is 0 Å². The Morgan fingerprint density at radius 3 is 2.59 bits per heavy atom. The predicted octanol–water partition coefficient (Wildman–Crippen LogP) is 3.84. The van der Waals surface area contributed by atoms with Gasteiger partial charge in [-0.3, -0.25) is 14.9 Å².